The van der Waals surface area contributed by atoms with E-state index in [0.717, 1.165) is 36.5 Å². The van der Waals surface area contributed by atoms with Gasteiger partial charge in [-0.25, -0.2) is 4.99 Å². The Bertz CT molecular complexity index is 449. The van der Waals surface area contributed by atoms with E-state index in [4.69, 9.17) is 0 Å². The molecule has 1 rings (SSSR count). The lowest BCUT2D eigenvalue weighted by molar-refractivity contribution is 0.489. The van der Waals surface area contributed by atoms with Gasteiger partial charge in [0.1, 0.15) is 12.4 Å². The van der Waals surface area contributed by atoms with Crippen LogP contribution in [0.1, 0.15) is 52.2 Å². The monoisotopic (exact) mass is 294 g/mol. The molecule has 1 atom stereocenters. The minimum atomic E-state index is 0.409. The summed E-state index contributed by atoms with van der Waals surface area (Å²) in [5.41, 5.74) is 0. The van der Waals surface area contributed by atoms with Crippen molar-refractivity contribution in [2.45, 2.75) is 60.0 Å². The summed E-state index contributed by atoms with van der Waals surface area (Å²) in [6.07, 6.45) is 2.36. The van der Waals surface area contributed by atoms with Crippen LogP contribution in [0.25, 0.3) is 0 Å². The van der Waals surface area contributed by atoms with Gasteiger partial charge < -0.3 is 15.2 Å². The van der Waals surface area contributed by atoms with E-state index in [0.29, 0.717) is 12.6 Å². The average molecular weight is 294 g/mol. The number of hydrogen-bond donors (Lipinski definition) is 2. The Kier molecular flexibility index (Phi) is 7.19. The zero-order valence-electron chi connectivity index (χ0n) is 14.3. The molecule has 0 aliphatic carbocycles. The van der Waals surface area contributed by atoms with E-state index in [1.807, 2.05) is 18.5 Å². The number of hydrogen-bond acceptors (Lipinski definition) is 3. The maximum atomic E-state index is 4.60. The third-order valence-corrected chi connectivity index (χ3v) is 3.47. The van der Waals surface area contributed by atoms with Gasteiger partial charge in [0.2, 0.25) is 0 Å². The summed E-state index contributed by atoms with van der Waals surface area (Å²) >= 11 is 0. The standard InChI is InChI=1S/C15H30N6/c1-7-16-15(18-12(4)9-8-11(2)3)17-10-14-20-19-13(5)21(14)6/h11-12H,7-10H2,1-6H3,(H2,16,17,18). The van der Waals surface area contributed by atoms with E-state index in [-0.39, 0.29) is 0 Å². The summed E-state index contributed by atoms with van der Waals surface area (Å²) < 4.78 is 1.97. The largest absolute Gasteiger partial charge is 0.357 e. The van der Waals surface area contributed by atoms with Gasteiger partial charge in [-0.05, 0) is 39.5 Å². The second kappa shape index (κ2) is 8.64. The number of nitrogens with one attached hydrogen (secondary N) is 2. The Morgan fingerprint density at radius 2 is 1.95 bits per heavy atom. The van der Waals surface area contributed by atoms with Crippen molar-refractivity contribution in [3.8, 4) is 0 Å². The van der Waals surface area contributed by atoms with Gasteiger partial charge in [0.25, 0.3) is 0 Å². The van der Waals surface area contributed by atoms with E-state index in [1.165, 1.54) is 6.42 Å². The first-order valence-corrected chi connectivity index (χ1v) is 7.83. The Balaban J connectivity index is 2.59. The zero-order valence-corrected chi connectivity index (χ0v) is 14.3. The number of nitrogens with zero attached hydrogens (tertiary/aromatic N) is 4. The molecule has 0 radical (unpaired) electrons. The molecule has 0 bridgehead atoms. The summed E-state index contributed by atoms with van der Waals surface area (Å²) in [4.78, 5) is 4.60. The molecular formula is C15H30N6. The average Bonchev–Trinajstić information content (AvgIpc) is 2.74. The van der Waals surface area contributed by atoms with Crippen LogP contribution >= 0.6 is 0 Å². The van der Waals surface area contributed by atoms with Gasteiger partial charge in [-0.15, -0.1) is 10.2 Å². The van der Waals surface area contributed by atoms with Gasteiger partial charge in [-0.2, -0.15) is 0 Å². The quantitative estimate of drug-likeness (QED) is 0.596. The number of aryl methyl sites for hydroxylation is 1. The zero-order chi connectivity index (χ0) is 15.8. The van der Waals surface area contributed by atoms with E-state index in [1.54, 1.807) is 0 Å². The molecule has 1 heterocycles. The fourth-order valence-corrected chi connectivity index (χ4v) is 1.95. The van der Waals surface area contributed by atoms with Crippen molar-refractivity contribution < 1.29 is 0 Å². The molecule has 0 aliphatic rings. The molecule has 6 heteroatoms. The summed E-state index contributed by atoms with van der Waals surface area (Å²) in [6, 6.07) is 0.409. The molecule has 0 aromatic carbocycles. The number of rotatable bonds is 7. The minimum absolute atomic E-state index is 0.409. The van der Waals surface area contributed by atoms with Crippen LogP contribution in [-0.2, 0) is 13.6 Å². The smallest absolute Gasteiger partial charge is 0.191 e. The molecule has 0 saturated heterocycles. The molecule has 1 unspecified atom stereocenters. The van der Waals surface area contributed by atoms with Crippen molar-refractivity contribution in [3.05, 3.63) is 11.6 Å². The van der Waals surface area contributed by atoms with Gasteiger partial charge >= 0.3 is 0 Å². The van der Waals surface area contributed by atoms with Gasteiger partial charge in [-0.1, -0.05) is 13.8 Å². The van der Waals surface area contributed by atoms with Crippen molar-refractivity contribution in [3.63, 3.8) is 0 Å². The van der Waals surface area contributed by atoms with Crippen molar-refractivity contribution in [2.75, 3.05) is 6.54 Å². The Labute approximate surface area is 128 Å². The van der Waals surface area contributed by atoms with Crippen LogP contribution in [0.2, 0.25) is 0 Å². The second-order valence-electron chi connectivity index (χ2n) is 5.93. The highest BCUT2D eigenvalue weighted by atomic mass is 15.3. The van der Waals surface area contributed by atoms with Crippen LogP contribution in [0.5, 0.6) is 0 Å². The van der Waals surface area contributed by atoms with Crippen LogP contribution in [0.15, 0.2) is 4.99 Å². The summed E-state index contributed by atoms with van der Waals surface area (Å²) in [5, 5.41) is 14.9. The van der Waals surface area contributed by atoms with Crippen molar-refractivity contribution in [1.82, 2.24) is 25.4 Å². The molecule has 6 nitrogen and oxygen atoms in total. The summed E-state index contributed by atoms with van der Waals surface area (Å²) in [5.74, 6) is 3.35. The SMILES string of the molecule is CCNC(=NCc1nnc(C)n1C)NC(C)CCC(C)C. The topological polar surface area (TPSA) is 67.1 Å². The van der Waals surface area contributed by atoms with Crippen LogP contribution in [0.4, 0.5) is 0 Å². The Morgan fingerprint density at radius 1 is 1.24 bits per heavy atom. The van der Waals surface area contributed by atoms with Crippen molar-refractivity contribution >= 4 is 5.96 Å². The molecule has 120 valence electrons. The first-order valence-electron chi connectivity index (χ1n) is 7.83. The van der Waals surface area contributed by atoms with Crippen LogP contribution in [0.3, 0.4) is 0 Å². The van der Waals surface area contributed by atoms with Crippen LogP contribution < -0.4 is 10.6 Å². The van der Waals surface area contributed by atoms with Crippen molar-refractivity contribution in [1.29, 1.82) is 0 Å². The van der Waals surface area contributed by atoms with Gasteiger partial charge in [0.15, 0.2) is 11.8 Å². The molecule has 0 aliphatic heterocycles. The van der Waals surface area contributed by atoms with E-state index >= 15 is 0 Å². The first-order chi connectivity index (χ1) is 9.93. The third-order valence-electron chi connectivity index (χ3n) is 3.47. The maximum Gasteiger partial charge on any atom is 0.191 e. The second-order valence-corrected chi connectivity index (χ2v) is 5.93. The summed E-state index contributed by atoms with van der Waals surface area (Å²) in [6.45, 7) is 12.1. The predicted octanol–water partition coefficient (Wildman–Crippen LogP) is 2.00. The fraction of sp³-hybridized carbons (Fsp3) is 0.800. The molecule has 21 heavy (non-hydrogen) atoms. The highest BCUT2D eigenvalue weighted by molar-refractivity contribution is 5.79. The number of aliphatic imine (C=N–C) groups is 1. The lowest BCUT2D eigenvalue weighted by Crippen LogP contribution is -2.42. The lowest BCUT2D eigenvalue weighted by atomic mass is 10.0. The highest BCUT2D eigenvalue weighted by Gasteiger charge is 2.08. The molecule has 0 fully saturated rings. The Hall–Kier alpha value is -1.59. The van der Waals surface area contributed by atoms with Crippen LogP contribution in [-0.4, -0.2) is 33.3 Å². The molecular weight excluding hydrogens is 264 g/mol. The maximum absolute atomic E-state index is 4.60. The fourth-order valence-electron chi connectivity index (χ4n) is 1.95. The molecule has 0 spiro atoms. The molecule has 0 saturated carbocycles. The van der Waals surface area contributed by atoms with Crippen LogP contribution in [0, 0.1) is 12.8 Å². The summed E-state index contributed by atoms with van der Waals surface area (Å²) in [7, 11) is 1.96. The van der Waals surface area contributed by atoms with E-state index in [2.05, 4.69) is 53.5 Å². The highest BCUT2D eigenvalue weighted by Crippen LogP contribution is 2.06. The molecule has 1 aromatic rings. The van der Waals surface area contributed by atoms with Gasteiger partial charge in [0, 0.05) is 19.6 Å². The lowest BCUT2D eigenvalue weighted by Gasteiger charge is -2.18. The third kappa shape index (κ3) is 6.14. The van der Waals surface area contributed by atoms with E-state index < -0.39 is 0 Å². The molecule has 0 amide bonds. The minimum Gasteiger partial charge on any atom is -0.357 e. The molecule has 2 N–H and O–H groups in total. The van der Waals surface area contributed by atoms with E-state index in [9.17, 15) is 0 Å². The Morgan fingerprint density at radius 3 is 2.48 bits per heavy atom. The van der Waals surface area contributed by atoms with Crippen molar-refractivity contribution in [2.24, 2.45) is 18.0 Å². The number of guanidine groups is 1. The normalized spacial score (nSPS) is 13.6. The predicted molar refractivity (Wildman–Crippen MR) is 87.2 cm³/mol. The molecule has 1 aromatic heterocycles. The van der Waals surface area contributed by atoms with Gasteiger partial charge in [-0.3, -0.25) is 0 Å². The number of aromatic nitrogens is 3. The van der Waals surface area contributed by atoms with Gasteiger partial charge in [0.05, 0.1) is 0 Å². The first kappa shape index (κ1) is 17.5.